The van der Waals surface area contributed by atoms with Crippen LogP contribution in [0.4, 0.5) is 14.5 Å². The van der Waals surface area contributed by atoms with Crippen LogP contribution in [0, 0.1) is 5.41 Å². The van der Waals surface area contributed by atoms with Crippen molar-refractivity contribution in [2.75, 3.05) is 11.9 Å². The summed E-state index contributed by atoms with van der Waals surface area (Å²) >= 11 is 0. The highest BCUT2D eigenvalue weighted by molar-refractivity contribution is 7.53. The Morgan fingerprint density at radius 3 is 2.17 bits per heavy atom. The molecule has 134 valence electrons. The van der Waals surface area contributed by atoms with Crippen LogP contribution >= 0.6 is 7.60 Å². The molecule has 1 aromatic rings. The van der Waals surface area contributed by atoms with Gasteiger partial charge in [-0.3, -0.25) is 9.36 Å². The minimum Gasteiger partial charge on any atom is -0.320 e. The fourth-order valence-electron chi connectivity index (χ4n) is 4.17. The molecule has 2 N–H and O–H groups in total. The number of benzene rings is 1. The van der Waals surface area contributed by atoms with Crippen molar-refractivity contribution in [1.82, 2.24) is 0 Å². The van der Waals surface area contributed by atoms with Gasteiger partial charge < -0.3 is 14.7 Å². The van der Waals surface area contributed by atoms with Crippen molar-refractivity contribution in [2.45, 2.75) is 44.7 Å². The van der Waals surface area contributed by atoms with Crippen LogP contribution in [0.3, 0.4) is 0 Å². The lowest BCUT2D eigenvalue weighted by atomic mass is 9.58. The molecule has 2 rings (SSSR count). The normalized spacial score (nSPS) is 22.0. The Labute approximate surface area is 139 Å². The van der Waals surface area contributed by atoms with Gasteiger partial charge in [0.1, 0.15) is 0 Å². The molecule has 1 unspecified atom stereocenters. The number of nitrogens with zero attached hydrogens (tertiary/aromatic N) is 1. The zero-order chi connectivity index (χ0) is 18.6. The van der Waals surface area contributed by atoms with E-state index < -0.39 is 30.0 Å². The Hall–Kier alpha value is -1.30. The molecule has 1 amide bonds. The summed E-state index contributed by atoms with van der Waals surface area (Å²) in [6, 6.07) is 6.54. The van der Waals surface area contributed by atoms with Crippen LogP contribution in [0.5, 0.6) is 0 Å². The summed E-state index contributed by atoms with van der Waals surface area (Å²) in [5.74, 6) is -0.583. The van der Waals surface area contributed by atoms with Gasteiger partial charge in [-0.15, -0.1) is 0 Å². The van der Waals surface area contributed by atoms with Gasteiger partial charge in [-0.25, -0.2) is 0 Å². The Morgan fingerprint density at radius 1 is 1.21 bits per heavy atom. The number of rotatable bonds is 5. The number of fused-ring (bicyclic) bond motifs is 1. The summed E-state index contributed by atoms with van der Waals surface area (Å²) in [6.45, 7) is 4.24. The second-order valence-electron chi connectivity index (χ2n) is 6.38. The summed E-state index contributed by atoms with van der Waals surface area (Å²) in [5.41, 5.74) is -7.44. The summed E-state index contributed by atoms with van der Waals surface area (Å²) in [4.78, 5) is 33.0. The monoisotopic (exact) mass is 361 g/mol. The largest absolute Gasteiger partial charge is 0.395 e. The van der Waals surface area contributed by atoms with Gasteiger partial charge >= 0.3 is 13.3 Å². The smallest absolute Gasteiger partial charge is 0.320 e. The number of anilines is 1. The molecule has 0 radical (unpaired) electrons. The number of likely N-dealkylation sites (N-methyl/N-ethyl adjacent to an activating group) is 1. The second-order valence-corrected chi connectivity index (χ2v) is 8.03. The first-order valence-electron chi connectivity index (χ1n) is 7.73. The van der Waals surface area contributed by atoms with E-state index in [4.69, 9.17) is 0 Å². The van der Waals surface area contributed by atoms with Crippen LogP contribution in [-0.2, 0) is 14.8 Å². The van der Waals surface area contributed by atoms with Gasteiger partial charge in [-0.1, -0.05) is 32.0 Å². The van der Waals surface area contributed by atoms with Crippen LogP contribution in [0.15, 0.2) is 24.3 Å². The van der Waals surface area contributed by atoms with Crippen molar-refractivity contribution in [3.8, 4) is 0 Å². The number of carbonyl (C=O) groups excluding carboxylic acids is 1. The van der Waals surface area contributed by atoms with Gasteiger partial charge in [0.15, 0.2) is 0 Å². The summed E-state index contributed by atoms with van der Waals surface area (Å²) < 4.78 is 41.7. The molecule has 5 nitrogen and oxygen atoms in total. The fourth-order valence-corrected chi connectivity index (χ4v) is 5.27. The Morgan fingerprint density at radius 2 is 1.71 bits per heavy atom. The molecule has 0 fully saturated rings. The number of amides is 1. The Bertz CT molecular complexity index is 714. The molecule has 1 heterocycles. The number of carbonyl (C=O) groups is 1. The first-order valence-corrected chi connectivity index (χ1v) is 9.34. The zero-order valence-electron chi connectivity index (χ0n) is 14.1. The molecule has 1 aliphatic rings. The average Bonchev–Trinajstić information content (AvgIpc) is 2.71. The van der Waals surface area contributed by atoms with Crippen LogP contribution in [-0.4, -0.2) is 28.4 Å². The van der Waals surface area contributed by atoms with E-state index in [1.807, 2.05) is 0 Å². The number of halogens is 2. The van der Waals surface area contributed by atoms with Crippen molar-refractivity contribution in [3.05, 3.63) is 29.8 Å². The van der Waals surface area contributed by atoms with Crippen LogP contribution in [0.25, 0.3) is 0 Å². The predicted molar refractivity (Wildman–Crippen MR) is 87.2 cm³/mol. The maximum atomic E-state index is 15.0. The van der Waals surface area contributed by atoms with Crippen molar-refractivity contribution in [2.24, 2.45) is 5.41 Å². The quantitative estimate of drug-likeness (QED) is 0.787. The summed E-state index contributed by atoms with van der Waals surface area (Å²) in [5, 5.41) is 0. The Balaban J connectivity index is 2.87. The highest BCUT2D eigenvalue weighted by atomic mass is 31.2. The molecule has 0 aromatic heterocycles. The van der Waals surface area contributed by atoms with E-state index in [1.165, 1.54) is 32.7 Å². The summed E-state index contributed by atoms with van der Waals surface area (Å²) in [6.07, 6.45) is -0.516. The highest BCUT2D eigenvalue weighted by Gasteiger charge is 2.73. The maximum Gasteiger partial charge on any atom is 0.395 e. The first-order chi connectivity index (χ1) is 10.9. The zero-order valence-corrected chi connectivity index (χ0v) is 15.0. The molecule has 0 aliphatic carbocycles. The molecule has 0 bridgehead atoms. The number of hydrogen-bond acceptors (Lipinski definition) is 2. The van der Waals surface area contributed by atoms with Crippen molar-refractivity contribution < 1.29 is 27.9 Å². The van der Waals surface area contributed by atoms with Crippen molar-refractivity contribution in [1.29, 1.82) is 0 Å². The molecule has 1 atom stereocenters. The van der Waals surface area contributed by atoms with E-state index in [0.29, 0.717) is 11.3 Å². The third-order valence-corrected chi connectivity index (χ3v) is 6.80. The van der Waals surface area contributed by atoms with Crippen molar-refractivity contribution in [3.63, 3.8) is 0 Å². The van der Waals surface area contributed by atoms with E-state index in [9.17, 15) is 19.1 Å². The number of hydrogen-bond donors (Lipinski definition) is 2. The molecule has 1 aromatic carbocycles. The molecule has 0 spiro atoms. The van der Waals surface area contributed by atoms with Crippen LogP contribution < -0.4 is 4.90 Å². The lowest BCUT2D eigenvalue weighted by Gasteiger charge is -2.49. The first kappa shape index (κ1) is 19.0. The lowest BCUT2D eigenvalue weighted by Crippen LogP contribution is -2.58. The minimum absolute atomic E-state index is 0.258. The lowest BCUT2D eigenvalue weighted by molar-refractivity contribution is -0.146. The second kappa shape index (κ2) is 5.61. The predicted octanol–water partition coefficient (Wildman–Crippen LogP) is 3.50. The summed E-state index contributed by atoms with van der Waals surface area (Å²) in [7, 11) is -4.30. The molecule has 24 heavy (non-hydrogen) atoms. The molecular formula is C16H22F2NO4P. The van der Waals surface area contributed by atoms with E-state index in [1.54, 1.807) is 24.3 Å². The Kier molecular flexibility index (Phi) is 4.45. The fraction of sp³-hybridized carbons (Fsp3) is 0.562. The highest BCUT2D eigenvalue weighted by Crippen LogP contribution is 2.70. The number of para-hydroxylation sites is 1. The standard InChI is InChI=1S/C16H22F2NO4P/c1-5-15(6-2,16(17,18)24(21,22)23)14(3)11-9-7-8-10-12(11)19(4)13(14)20/h7-10H,5-6H2,1-4H3,(H2,21,22,23). The molecule has 8 heteroatoms. The third-order valence-electron chi connectivity index (χ3n) is 5.64. The molecular weight excluding hydrogens is 339 g/mol. The minimum atomic E-state index is -5.78. The van der Waals surface area contributed by atoms with Gasteiger partial charge in [0.2, 0.25) is 5.91 Å². The van der Waals surface area contributed by atoms with Gasteiger partial charge in [0.05, 0.1) is 10.8 Å². The average molecular weight is 361 g/mol. The number of alkyl halides is 2. The van der Waals surface area contributed by atoms with Gasteiger partial charge in [0, 0.05) is 12.7 Å². The van der Waals surface area contributed by atoms with E-state index in [0.717, 1.165) is 0 Å². The third kappa shape index (κ3) is 2.04. The topological polar surface area (TPSA) is 77.8 Å². The van der Waals surface area contributed by atoms with Gasteiger partial charge in [-0.05, 0) is 31.4 Å². The van der Waals surface area contributed by atoms with Crippen LogP contribution in [0.1, 0.15) is 39.2 Å². The SMILES string of the molecule is CCC(CC)(C1(C)C(=O)N(C)c2ccccc21)C(F)(F)P(=O)(O)O. The van der Waals surface area contributed by atoms with E-state index >= 15 is 8.78 Å². The molecule has 1 aliphatic heterocycles. The van der Waals surface area contributed by atoms with E-state index in [-0.39, 0.29) is 12.8 Å². The molecule has 0 saturated carbocycles. The van der Waals surface area contributed by atoms with Gasteiger partial charge in [-0.2, -0.15) is 8.78 Å². The molecule has 0 saturated heterocycles. The van der Waals surface area contributed by atoms with E-state index in [2.05, 4.69) is 0 Å². The van der Waals surface area contributed by atoms with Gasteiger partial charge in [0.25, 0.3) is 0 Å². The van der Waals surface area contributed by atoms with Crippen molar-refractivity contribution >= 4 is 19.2 Å². The maximum absolute atomic E-state index is 15.0. The van der Waals surface area contributed by atoms with Crippen LogP contribution in [0.2, 0.25) is 0 Å².